The fraction of sp³-hybridized carbons (Fsp3) is 0.417. The van der Waals surface area contributed by atoms with Crippen LogP contribution < -0.4 is 0 Å². The number of aromatic nitrogens is 1. The lowest BCUT2D eigenvalue weighted by molar-refractivity contribution is 0.0689. The van der Waals surface area contributed by atoms with Crippen LogP contribution in [0.3, 0.4) is 0 Å². The molecule has 0 spiro atoms. The van der Waals surface area contributed by atoms with Crippen molar-refractivity contribution >= 4 is 21.7 Å². The lowest BCUT2D eigenvalue weighted by atomic mass is 10.2. The van der Waals surface area contributed by atoms with E-state index in [1.54, 1.807) is 0 Å². The van der Waals surface area contributed by atoms with E-state index in [0.29, 0.717) is 6.42 Å². The first-order valence-corrected chi connectivity index (χ1v) is 7.80. The molecule has 0 saturated carbocycles. The molecule has 0 bridgehead atoms. The number of nitrogens with zero attached hydrogens (tertiary/aromatic N) is 2. The fourth-order valence-electron chi connectivity index (χ4n) is 2.10. The zero-order valence-electron chi connectivity index (χ0n) is 10.8. The monoisotopic (exact) mass is 298 g/mol. The van der Waals surface area contributed by atoms with Crippen LogP contribution in [-0.4, -0.2) is 59.9 Å². The quantitative estimate of drug-likeness (QED) is 0.844. The van der Waals surface area contributed by atoms with Crippen LogP contribution in [0.15, 0.2) is 18.2 Å². The Labute approximate surface area is 116 Å². The average Bonchev–Trinajstić information content (AvgIpc) is 2.77. The van der Waals surface area contributed by atoms with Gasteiger partial charge in [0.1, 0.15) is 11.4 Å². The van der Waals surface area contributed by atoms with Gasteiger partial charge in [-0.3, -0.25) is 4.79 Å². The summed E-state index contributed by atoms with van der Waals surface area (Å²) in [4.78, 5) is 28.1. The second kappa shape index (κ2) is 5.20. The number of carbonyl (C=O) groups is 2. The number of amides is 1. The summed E-state index contributed by atoms with van der Waals surface area (Å²) >= 11 is 0. The van der Waals surface area contributed by atoms with Crippen molar-refractivity contribution < 1.29 is 23.1 Å². The molecule has 0 aliphatic carbocycles. The number of sulfone groups is 1. The summed E-state index contributed by atoms with van der Waals surface area (Å²) in [5.41, 5.74) is -0.222. The van der Waals surface area contributed by atoms with E-state index in [1.165, 1.54) is 30.1 Å². The largest absolute Gasteiger partial charge is 0.477 e. The molecule has 20 heavy (non-hydrogen) atoms. The van der Waals surface area contributed by atoms with Gasteiger partial charge in [-0.25, -0.2) is 18.2 Å². The molecule has 108 valence electrons. The van der Waals surface area contributed by atoms with E-state index in [0.717, 1.165) is 0 Å². The maximum Gasteiger partial charge on any atom is 0.354 e. The van der Waals surface area contributed by atoms with Crippen molar-refractivity contribution in [1.29, 1.82) is 0 Å². The van der Waals surface area contributed by atoms with Gasteiger partial charge in [0.2, 0.25) is 0 Å². The molecule has 1 aromatic heterocycles. The number of carboxylic acids is 1. The van der Waals surface area contributed by atoms with Crippen LogP contribution in [0, 0.1) is 0 Å². The van der Waals surface area contributed by atoms with Crippen LogP contribution in [0.4, 0.5) is 0 Å². The molecule has 1 amide bonds. The number of rotatable bonds is 3. The molecule has 8 heteroatoms. The standard InChI is InChI=1S/C12H14N2O5S/c1-14(8-5-6-20(18,19)7-8)11(15)9-3-2-4-10(13-9)12(16)17/h2-4,8H,5-7H2,1H3,(H,16,17). The van der Waals surface area contributed by atoms with Gasteiger partial charge in [-0.05, 0) is 18.6 Å². The van der Waals surface area contributed by atoms with Crippen molar-refractivity contribution in [1.82, 2.24) is 9.88 Å². The van der Waals surface area contributed by atoms with E-state index < -0.39 is 21.7 Å². The minimum atomic E-state index is -3.09. The number of carbonyl (C=O) groups excluding carboxylic acids is 1. The first kappa shape index (κ1) is 14.4. The smallest absolute Gasteiger partial charge is 0.354 e. The summed E-state index contributed by atoms with van der Waals surface area (Å²) in [6.45, 7) is 0. The third kappa shape index (κ3) is 2.96. The minimum Gasteiger partial charge on any atom is -0.477 e. The highest BCUT2D eigenvalue weighted by molar-refractivity contribution is 7.91. The molecule has 2 heterocycles. The molecule has 7 nitrogen and oxygen atoms in total. The van der Waals surface area contributed by atoms with Gasteiger partial charge in [-0.1, -0.05) is 6.07 Å². The summed E-state index contributed by atoms with van der Waals surface area (Å²) in [5, 5.41) is 8.84. The van der Waals surface area contributed by atoms with Crippen molar-refractivity contribution in [2.75, 3.05) is 18.6 Å². The van der Waals surface area contributed by atoms with Gasteiger partial charge in [0, 0.05) is 13.1 Å². The molecule has 1 atom stereocenters. The average molecular weight is 298 g/mol. The molecule has 2 rings (SSSR count). The molecule has 1 unspecified atom stereocenters. The zero-order chi connectivity index (χ0) is 14.9. The topological polar surface area (TPSA) is 105 Å². The fourth-order valence-corrected chi connectivity index (χ4v) is 3.87. The second-order valence-electron chi connectivity index (χ2n) is 4.69. The van der Waals surface area contributed by atoms with Gasteiger partial charge >= 0.3 is 5.97 Å². The Morgan fingerprint density at radius 1 is 1.35 bits per heavy atom. The molecule has 1 aliphatic heterocycles. The molecule has 1 saturated heterocycles. The summed E-state index contributed by atoms with van der Waals surface area (Å²) in [5.74, 6) is -1.69. The summed E-state index contributed by atoms with van der Waals surface area (Å²) in [7, 11) is -1.58. The van der Waals surface area contributed by atoms with E-state index in [-0.39, 0.29) is 28.9 Å². The molecule has 1 N–H and O–H groups in total. The van der Waals surface area contributed by atoms with E-state index in [1.807, 2.05) is 0 Å². The third-order valence-corrected chi connectivity index (χ3v) is 5.01. The predicted molar refractivity (Wildman–Crippen MR) is 70.3 cm³/mol. The van der Waals surface area contributed by atoms with Crippen molar-refractivity contribution in [3.05, 3.63) is 29.6 Å². The maximum absolute atomic E-state index is 12.2. The number of hydrogen-bond acceptors (Lipinski definition) is 5. The van der Waals surface area contributed by atoms with Crippen LogP contribution in [0.5, 0.6) is 0 Å². The number of aromatic carboxylic acids is 1. The normalized spacial score (nSPS) is 20.6. The highest BCUT2D eigenvalue weighted by Gasteiger charge is 2.33. The second-order valence-corrected chi connectivity index (χ2v) is 6.91. The van der Waals surface area contributed by atoms with Gasteiger partial charge in [-0.2, -0.15) is 0 Å². The summed E-state index contributed by atoms with van der Waals surface area (Å²) in [6.07, 6.45) is 0.392. The Kier molecular flexibility index (Phi) is 3.76. The van der Waals surface area contributed by atoms with Crippen molar-refractivity contribution in [2.24, 2.45) is 0 Å². The van der Waals surface area contributed by atoms with Gasteiger partial charge in [0.15, 0.2) is 9.84 Å². The number of hydrogen-bond donors (Lipinski definition) is 1. The van der Waals surface area contributed by atoms with Gasteiger partial charge in [0.05, 0.1) is 11.5 Å². The maximum atomic E-state index is 12.2. The first-order chi connectivity index (χ1) is 9.30. The summed E-state index contributed by atoms with van der Waals surface area (Å²) in [6, 6.07) is 3.75. The van der Waals surface area contributed by atoms with Gasteiger partial charge in [0.25, 0.3) is 5.91 Å². The third-order valence-electron chi connectivity index (χ3n) is 3.26. The lowest BCUT2D eigenvalue weighted by Gasteiger charge is -2.22. The van der Waals surface area contributed by atoms with Crippen LogP contribution in [0.25, 0.3) is 0 Å². The van der Waals surface area contributed by atoms with Crippen LogP contribution in [0.2, 0.25) is 0 Å². The molecular formula is C12H14N2O5S. The Morgan fingerprint density at radius 3 is 2.55 bits per heavy atom. The molecule has 1 fully saturated rings. The Balaban J connectivity index is 2.19. The zero-order valence-corrected chi connectivity index (χ0v) is 11.6. The molecule has 1 aromatic rings. The Morgan fingerprint density at radius 2 is 2.00 bits per heavy atom. The van der Waals surface area contributed by atoms with Crippen LogP contribution in [0.1, 0.15) is 27.4 Å². The minimum absolute atomic E-state index is 0.00306. The van der Waals surface area contributed by atoms with Gasteiger partial charge in [-0.15, -0.1) is 0 Å². The van der Waals surface area contributed by atoms with E-state index >= 15 is 0 Å². The molecule has 0 aromatic carbocycles. The van der Waals surface area contributed by atoms with E-state index in [4.69, 9.17) is 5.11 Å². The molecular weight excluding hydrogens is 284 g/mol. The van der Waals surface area contributed by atoms with Crippen LogP contribution >= 0.6 is 0 Å². The van der Waals surface area contributed by atoms with Crippen molar-refractivity contribution in [2.45, 2.75) is 12.5 Å². The first-order valence-electron chi connectivity index (χ1n) is 5.98. The Hall–Kier alpha value is -1.96. The highest BCUT2D eigenvalue weighted by atomic mass is 32.2. The molecule has 1 aliphatic rings. The van der Waals surface area contributed by atoms with Crippen molar-refractivity contribution in [3.8, 4) is 0 Å². The lowest BCUT2D eigenvalue weighted by Crippen LogP contribution is -2.38. The van der Waals surface area contributed by atoms with Crippen LogP contribution in [-0.2, 0) is 9.84 Å². The molecule has 0 radical (unpaired) electrons. The van der Waals surface area contributed by atoms with Gasteiger partial charge < -0.3 is 10.0 Å². The van der Waals surface area contributed by atoms with E-state index in [9.17, 15) is 18.0 Å². The number of pyridine rings is 1. The van der Waals surface area contributed by atoms with Crippen molar-refractivity contribution in [3.63, 3.8) is 0 Å². The highest BCUT2D eigenvalue weighted by Crippen LogP contribution is 2.18. The predicted octanol–water partition coefficient (Wildman–Crippen LogP) is 0.0389. The SMILES string of the molecule is CN(C(=O)c1cccc(C(=O)O)n1)C1CCS(=O)(=O)C1. The number of carboxylic acid groups (broad SMARTS) is 1. The van der Waals surface area contributed by atoms with E-state index in [2.05, 4.69) is 4.98 Å². The Bertz CT molecular complexity index is 656. The summed E-state index contributed by atoms with van der Waals surface area (Å²) < 4.78 is 22.8.